The first kappa shape index (κ1) is 13.8. The third-order valence-electron chi connectivity index (χ3n) is 3.13. The van der Waals surface area contributed by atoms with Crippen molar-refractivity contribution < 1.29 is 0 Å². The van der Waals surface area contributed by atoms with E-state index in [1.54, 1.807) is 0 Å². The fourth-order valence-electron chi connectivity index (χ4n) is 2.05. The lowest BCUT2D eigenvalue weighted by Crippen LogP contribution is -2.24. The summed E-state index contributed by atoms with van der Waals surface area (Å²) in [4.78, 5) is 6.61. The highest BCUT2D eigenvalue weighted by Crippen LogP contribution is 2.21. The fraction of sp³-hybridized carbons (Fsp3) is 0.333. The lowest BCUT2D eigenvalue weighted by atomic mass is 10.1. The molecule has 3 nitrogen and oxygen atoms in total. The van der Waals surface area contributed by atoms with Gasteiger partial charge in [0.2, 0.25) is 0 Å². The molecule has 0 radical (unpaired) electrons. The second kappa shape index (κ2) is 6.51. The summed E-state index contributed by atoms with van der Waals surface area (Å²) < 4.78 is 0. The van der Waals surface area contributed by atoms with Gasteiger partial charge < -0.3 is 0 Å². The molecule has 0 bridgehead atoms. The van der Waals surface area contributed by atoms with Gasteiger partial charge in [0, 0.05) is 30.5 Å². The van der Waals surface area contributed by atoms with Gasteiger partial charge in [0.1, 0.15) is 5.15 Å². The van der Waals surface area contributed by atoms with Crippen molar-refractivity contribution in [3.63, 3.8) is 0 Å². The van der Waals surface area contributed by atoms with Crippen LogP contribution in [0.15, 0.2) is 30.3 Å². The van der Waals surface area contributed by atoms with E-state index in [4.69, 9.17) is 16.9 Å². The van der Waals surface area contributed by atoms with E-state index < -0.39 is 0 Å². The summed E-state index contributed by atoms with van der Waals surface area (Å²) in [5.41, 5.74) is 1.93. The molecule has 98 valence electrons. The third-order valence-corrected chi connectivity index (χ3v) is 3.46. The van der Waals surface area contributed by atoms with Crippen molar-refractivity contribution in [1.29, 1.82) is 5.26 Å². The number of para-hydroxylation sites is 1. The molecule has 1 aromatic heterocycles. The van der Waals surface area contributed by atoms with Gasteiger partial charge in [-0.2, -0.15) is 5.26 Å². The van der Waals surface area contributed by atoms with E-state index in [9.17, 15) is 0 Å². The van der Waals surface area contributed by atoms with Gasteiger partial charge in [-0.15, -0.1) is 0 Å². The molecular weight excluding hydrogens is 258 g/mol. The summed E-state index contributed by atoms with van der Waals surface area (Å²) in [6.45, 7) is 4.47. The lowest BCUT2D eigenvalue weighted by Gasteiger charge is -2.19. The van der Waals surface area contributed by atoms with E-state index in [2.05, 4.69) is 28.9 Å². The van der Waals surface area contributed by atoms with E-state index in [0.717, 1.165) is 36.1 Å². The number of benzene rings is 1. The molecule has 0 saturated heterocycles. The van der Waals surface area contributed by atoms with Gasteiger partial charge in [-0.25, -0.2) is 4.98 Å². The number of aromatic nitrogens is 1. The number of nitrogens with zero attached hydrogens (tertiary/aromatic N) is 3. The number of fused-ring (bicyclic) bond motifs is 1. The minimum absolute atomic E-state index is 0.534. The van der Waals surface area contributed by atoms with Gasteiger partial charge in [0.25, 0.3) is 0 Å². The zero-order chi connectivity index (χ0) is 13.7. The Morgan fingerprint density at radius 3 is 2.89 bits per heavy atom. The Bertz CT molecular complexity index is 604. The molecule has 0 N–H and O–H groups in total. The fourth-order valence-corrected chi connectivity index (χ4v) is 2.25. The first-order valence-corrected chi connectivity index (χ1v) is 6.76. The van der Waals surface area contributed by atoms with E-state index in [0.29, 0.717) is 11.6 Å². The van der Waals surface area contributed by atoms with Crippen LogP contribution in [0.2, 0.25) is 5.15 Å². The minimum atomic E-state index is 0.534. The number of nitriles is 1. The van der Waals surface area contributed by atoms with Crippen molar-refractivity contribution in [2.75, 3.05) is 13.1 Å². The van der Waals surface area contributed by atoms with Crippen molar-refractivity contribution in [2.24, 2.45) is 0 Å². The lowest BCUT2D eigenvalue weighted by molar-refractivity contribution is 0.286. The van der Waals surface area contributed by atoms with Gasteiger partial charge in [-0.3, -0.25) is 4.90 Å². The van der Waals surface area contributed by atoms with E-state index in [-0.39, 0.29) is 0 Å². The summed E-state index contributed by atoms with van der Waals surface area (Å²) in [6.07, 6.45) is 0.534. The van der Waals surface area contributed by atoms with E-state index >= 15 is 0 Å². The second-order valence-electron chi connectivity index (χ2n) is 4.41. The van der Waals surface area contributed by atoms with Crippen LogP contribution in [0.4, 0.5) is 0 Å². The van der Waals surface area contributed by atoms with Crippen LogP contribution in [0.1, 0.15) is 18.9 Å². The maximum atomic E-state index is 8.66. The number of hydrogen-bond acceptors (Lipinski definition) is 3. The van der Waals surface area contributed by atoms with Crippen LogP contribution in [0, 0.1) is 11.3 Å². The molecule has 2 aromatic rings. The quantitative estimate of drug-likeness (QED) is 0.781. The average molecular weight is 274 g/mol. The molecule has 0 aliphatic rings. The van der Waals surface area contributed by atoms with Gasteiger partial charge in [-0.05, 0) is 18.7 Å². The predicted octanol–water partition coefficient (Wildman–Crippen LogP) is 3.62. The Kier molecular flexibility index (Phi) is 4.73. The number of halogens is 1. The Hall–Kier alpha value is -1.63. The second-order valence-corrected chi connectivity index (χ2v) is 4.77. The molecule has 0 aliphatic heterocycles. The Balaban J connectivity index is 2.24. The Morgan fingerprint density at radius 2 is 2.16 bits per heavy atom. The van der Waals surface area contributed by atoms with Crippen molar-refractivity contribution in [1.82, 2.24) is 9.88 Å². The van der Waals surface area contributed by atoms with Gasteiger partial charge >= 0.3 is 0 Å². The van der Waals surface area contributed by atoms with Crippen LogP contribution in [0.25, 0.3) is 10.9 Å². The highest BCUT2D eigenvalue weighted by atomic mass is 35.5. The normalized spacial score (nSPS) is 10.8. The monoisotopic (exact) mass is 273 g/mol. The molecule has 19 heavy (non-hydrogen) atoms. The Labute approximate surface area is 118 Å². The van der Waals surface area contributed by atoms with Crippen LogP contribution < -0.4 is 0 Å². The molecule has 0 saturated carbocycles. The molecular formula is C15H16ClN3. The smallest absolute Gasteiger partial charge is 0.134 e. The molecule has 1 heterocycles. The Morgan fingerprint density at radius 1 is 1.37 bits per heavy atom. The zero-order valence-electron chi connectivity index (χ0n) is 10.9. The largest absolute Gasteiger partial charge is 0.298 e. The SMILES string of the molecule is CCN(CCC#N)Cc1cc2ccccc2nc1Cl. The van der Waals surface area contributed by atoms with E-state index in [1.165, 1.54) is 0 Å². The van der Waals surface area contributed by atoms with Crippen LogP contribution in [0.3, 0.4) is 0 Å². The molecule has 0 spiro atoms. The average Bonchev–Trinajstić information content (AvgIpc) is 2.43. The van der Waals surface area contributed by atoms with Gasteiger partial charge in [0.15, 0.2) is 0 Å². The topological polar surface area (TPSA) is 39.9 Å². The van der Waals surface area contributed by atoms with Crippen LogP contribution in [-0.4, -0.2) is 23.0 Å². The summed E-state index contributed by atoms with van der Waals surface area (Å²) in [5.74, 6) is 0. The molecule has 0 aliphatic carbocycles. The molecule has 4 heteroatoms. The van der Waals surface area contributed by atoms with Gasteiger partial charge in [0.05, 0.1) is 11.6 Å². The molecule has 0 amide bonds. The number of pyridine rings is 1. The maximum absolute atomic E-state index is 8.66. The van der Waals surface area contributed by atoms with Crippen molar-refractivity contribution in [2.45, 2.75) is 19.9 Å². The van der Waals surface area contributed by atoms with Crippen LogP contribution >= 0.6 is 11.6 Å². The summed E-state index contributed by atoms with van der Waals surface area (Å²) in [5, 5.41) is 10.3. The highest BCUT2D eigenvalue weighted by Gasteiger charge is 2.09. The van der Waals surface area contributed by atoms with Crippen molar-refractivity contribution in [3.05, 3.63) is 41.0 Å². The van der Waals surface area contributed by atoms with Crippen molar-refractivity contribution in [3.8, 4) is 6.07 Å². The van der Waals surface area contributed by atoms with E-state index in [1.807, 2.05) is 24.3 Å². The minimum Gasteiger partial charge on any atom is -0.298 e. The standard InChI is InChI=1S/C15H16ClN3/c1-2-19(9-5-8-17)11-13-10-12-6-3-4-7-14(12)18-15(13)16/h3-4,6-7,10H,2,5,9,11H2,1H3. The first-order chi connectivity index (χ1) is 9.24. The predicted molar refractivity (Wildman–Crippen MR) is 77.9 cm³/mol. The third kappa shape index (κ3) is 3.44. The summed E-state index contributed by atoms with van der Waals surface area (Å²) >= 11 is 6.24. The zero-order valence-corrected chi connectivity index (χ0v) is 11.7. The van der Waals surface area contributed by atoms with Crippen molar-refractivity contribution >= 4 is 22.5 Å². The highest BCUT2D eigenvalue weighted by molar-refractivity contribution is 6.30. The number of hydrogen-bond donors (Lipinski definition) is 0. The number of rotatable bonds is 5. The maximum Gasteiger partial charge on any atom is 0.134 e. The van der Waals surface area contributed by atoms with Gasteiger partial charge in [-0.1, -0.05) is 36.7 Å². The molecule has 1 aromatic carbocycles. The molecule has 0 atom stereocenters. The molecule has 2 rings (SSSR count). The molecule has 0 fully saturated rings. The first-order valence-electron chi connectivity index (χ1n) is 6.38. The van der Waals surface area contributed by atoms with Crippen LogP contribution in [0.5, 0.6) is 0 Å². The summed E-state index contributed by atoms with van der Waals surface area (Å²) in [7, 11) is 0. The summed E-state index contributed by atoms with van der Waals surface area (Å²) in [6, 6.07) is 12.2. The molecule has 0 unspecified atom stereocenters. The van der Waals surface area contributed by atoms with Crippen LogP contribution in [-0.2, 0) is 6.54 Å².